The Morgan fingerprint density at radius 2 is 1.69 bits per heavy atom. The number of rotatable bonds is 1. The minimum absolute atomic E-state index is 0.244. The van der Waals surface area contributed by atoms with Gasteiger partial charge in [0.25, 0.3) is 0 Å². The molecule has 0 aromatic heterocycles. The number of halogens is 1. The molecule has 0 aliphatic heterocycles. The van der Waals surface area contributed by atoms with Gasteiger partial charge < -0.3 is 5.11 Å². The molecule has 0 saturated carbocycles. The van der Waals surface area contributed by atoms with Gasteiger partial charge in [-0.3, -0.25) is 0 Å². The molecule has 0 amide bonds. The van der Waals surface area contributed by atoms with Crippen molar-refractivity contribution in [1.82, 2.24) is 0 Å². The second-order valence-electron chi connectivity index (χ2n) is 3.20. The van der Waals surface area contributed by atoms with Crippen LogP contribution in [0.1, 0.15) is 22.3 Å². The van der Waals surface area contributed by atoms with Gasteiger partial charge in [0.1, 0.15) is 5.82 Å². The van der Waals surface area contributed by atoms with Crippen LogP contribution in [0.25, 0.3) is 0 Å². The highest BCUT2D eigenvalue weighted by molar-refractivity contribution is 6.34. The molecule has 69 valence electrons. The lowest BCUT2D eigenvalue weighted by atomic mass is 9.99. The summed E-state index contributed by atoms with van der Waals surface area (Å²) in [4.78, 5) is 0. The summed E-state index contributed by atoms with van der Waals surface area (Å²) in [6.07, 6.45) is 0. The fourth-order valence-corrected chi connectivity index (χ4v) is 1.68. The average Bonchev–Trinajstić information content (AvgIpc) is 2.13. The van der Waals surface area contributed by atoms with E-state index in [0.29, 0.717) is 11.1 Å². The molecule has 1 nitrogen and oxygen atoms in total. The Hall–Kier alpha value is -0.673. The number of benzene rings is 1. The summed E-state index contributed by atoms with van der Waals surface area (Å²) in [6, 6.07) is 0. The van der Waals surface area contributed by atoms with Gasteiger partial charge in [0.2, 0.25) is 0 Å². The standard InChI is InChI=1S/C10H12FOSi/c1-5-6(2)10(13)7(3)9(11)8(5)4-12/h12H,4H2,1-3H3. The Bertz CT molecular complexity index is 318. The number of hydrogen-bond acceptors (Lipinski definition) is 1. The lowest BCUT2D eigenvalue weighted by Crippen LogP contribution is -2.18. The van der Waals surface area contributed by atoms with Crippen molar-refractivity contribution < 1.29 is 9.50 Å². The van der Waals surface area contributed by atoms with Crippen LogP contribution < -0.4 is 5.19 Å². The molecule has 3 heteroatoms. The third-order valence-corrected chi connectivity index (χ3v) is 3.27. The van der Waals surface area contributed by atoms with E-state index in [1.54, 1.807) is 6.92 Å². The van der Waals surface area contributed by atoms with E-state index in [4.69, 9.17) is 5.11 Å². The first-order valence-electron chi connectivity index (χ1n) is 4.11. The fourth-order valence-electron chi connectivity index (χ4n) is 1.38. The molecule has 0 fully saturated rings. The fraction of sp³-hybridized carbons (Fsp3) is 0.400. The van der Waals surface area contributed by atoms with Gasteiger partial charge in [0.15, 0.2) is 0 Å². The predicted molar refractivity (Wildman–Crippen MR) is 51.9 cm³/mol. The lowest BCUT2D eigenvalue weighted by molar-refractivity contribution is 0.274. The Morgan fingerprint density at radius 3 is 2.15 bits per heavy atom. The number of hydrogen-bond donors (Lipinski definition) is 1. The van der Waals surface area contributed by atoms with Crippen molar-refractivity contribution in [3.05, 3.63) is 28.1 Å². The monoisotopic (exact) mass is 195 g/mol. The summed E-state index contributed by atoms with van der Waals surface area (Å²) >= 11 is 0. The van der Waals surface area contributed by atoms with E-state index in [1.807, 2.05) is 13.8 Å². The van der Waals surface area contributed by atoms with Crippen LogP contribution in [0.5, 0.6) is 0 Å². The Balaban J connectivity index is 3.56. The van der Waals surface area contributed by atoms with Crippen LogP contribution in [-0.2, 0) is 6.61 Å². The van der Waals surface area contributed by atoms with Gasteiger partial charge >= 0.3 is 0 Å². The van der Waals surface area contributed by atoms with Gasteiger partial charge in [0, 0.05) is 5.56 Å². The predicted octanol–water partition coefficient (Wildman–Crippen LogP) is 1.04. The minimum atomic E-state index is -0.310. The number of aliphatic hydroxyl groups excluding tert-OH is 1. The highest BCUT2D eigenvalue weighted by atomic mass is 28.1. The van der Waals surface area contributed by atoms with Crippen LogP contribution in [0.4, 0.5) is 4.39 Å². The van der Waals surface area contributed by atoms with Crippen molar-refractivity contribution in [2.24, 2.45) is 0 Å². The van der Waals surface area contributed by atoms with Crippen molar-refractivity contribution in [3.63, 3.8) is 0 Å². The van der Waals surface area contributed by atoms with Crippen molar-refractivity contribution in [2.75, 3.05) is 0 Å². The van der Waals surface area contributed by atoms with Crippen LogP contribution in [0, 0.1) is 26.6 Å². The molecule has 0 heterocycles. The van der Waals surface area contributed by atoms with Crippen molar-refractivity contribution in [3.8, 4) is 0 Å². The summed E-state index contributed by atoms with van der Waals surface area (Å²) < 4.78 is 13.5. The van der Waals surface area contributed by atoms with Crippen molar-refractivity contribution in [2.45, 2.75) is 27.4 Å². The highest BCUT2D eigenvalue weighted by Crippen LogP contribution is 2.18. The molecule has 1 aromatic carbocycles. The molecule has 0 atom stereocenters. The zero-order valence-corrected chi connectivity index (χ0v) is 9.03. The Kier molecular flexibility index (Phi) is 2.88. The summed E-state index contributed by atoms with van der Waals surface area (Å²) in [6.45, 7) is 5.17. The summed E-state index contributed by atoms with van der Waals surface area (Å²) in [7, 11) is 3.37. The third kappa shape index (κ3) is 1.54. The van der Waals surface area contributed by atoms with Crippen LogP contribution in [-0.4, -0.2) is 15.3 Å². The normalized spacial score (nSPS) is 10.6. The first kappa shape index (κ1) is 10.4. The smallest absolute Gasteiger partial charge is 0.131 e. The molecule has 3 radical (unpaired) electrons. The van der Waals surface area contributed by atoms with Crippen molar-refractivity contribution in [1.29, 1.82) is 0 Å². The maximum Gasteiger partial charge on any atom is 0.131 e. The van der Waals surface area contributed by atoms with E-state index >= 15 is 0 Å². The molecule has 1 N–H and O–H groups in total. The molecule has 0 aliphatic rings. The number of aliphatic hydroxyl groups is 1. The maximum absolute atomic E-state index is 13.5. The quantitative estimate of drug-likeness (QED) is 0.664. The Morgan fingerprint density at radius 1 is 1.15 bits per heavy atom. The zero-order valence-electron chi connectivity index (χ0n) is 8.03. The second-order valence-corrected chi connectivity index (χ2v) is 3.70. The van der Waals surface area contributed by atoms with Crippen LogP contribution in [0.15, 0.2) is 0 Å². The minimum Gasteiger partial charge on any atom is -0.392 e. The molecule has 0 bridgehead atoms. The van der Waals surface area contributed by atoms with Crippen LogP contribution >= 0.6 is 0 Å². The van der Waals surface area contributed by atoms with Crippen LogP contribution in [0.3, 0.4) is 0 Å². The van der Waals surface area contributed by atoms with Gasteiger partial charge in [-0.05, 0) is 37.5 Å². The first-order valence-corrected chi connectivity index (χ1v) is 4.61. The van der Waals surface area contributed by atoms with Crippen molar-refractivity contribution >= 4 is 15.4 Å². The molecule has 0 unspecified atom stereocenters. The molecular weight excluding hydrogens is 183 g/mol. The molecule has 0 saturated heterocycles. The molecule has 13 heavy (non-hydrogen) atoms. The maximum atomic E-state index is 13.5. The molecular formula is C10H12FOSi. The Labute approximate surface area is 81.0 Å². The molecule has 1 rings (SSSR count). The topological polar surface area (TPSA) is 20.2 Å². The van der Waals surface area contributed by atoms with Gasteiger partial charge in [-0.1, -0.05) is 5.19 Å². The van der Waals surface area contributed by atoms with E-state index in [-0.39, 0.29) is 12.4 Å². The largest absolute Gasteiger partial charge is 0.392 e. The highest BCUT2D eigenvalue weighted by Gasteiger charge is 2.13. The summed E-state index contributed by atoms with van der Waals surface area (Å²) in [5.41, 5.74) is 2.76. The third-order valence-electron chi connectivity index (χ3n) is 2.52. The van der Waals surface area contributed by atoms with Gasteiger partial charge in [-0.25, -0.2) is 4.39 Å². The van der Waals surface area contributed by atoms with Crippen LogP contribution in [0.2, 0.25) is 0 Å². The summed E-state index contributed by atoms with van der Waals surface area (Å²) in [5.74, 6) is -0.310. The zero-order chi connectivity index (χ0) is 10.2. The second kappa shape index (κ2) is 3.60. The van der Waals surface area contributed by atoms with E-state index in [2.05, 4.69) is 10.2 Å². The molecule has 0 aliphatic carbocycles. The first-order chi connectivity index (χ1) is 6.00. The van der Waals surface area contributed by atoms with E-state index < -0.39 is 0 Å². The molecule has 1 aromatic rings. The molecule has 0 spiro atoms. The lowest BCUT2D eigenvalue weighted by Gasteiger charge is -2.14. The SMILES string of the molecule is Cc1c(C)c(CO)c(F)c(C)c1[Si]. The van der Waals surface area contributed by atoms with E-state index in [1.165, 1.54) is 0 Å². The van der Waals surface area contributed by atoms with Gasteiger partial charge in [0.05, 0.1) is 16.8 Å². The van der Waals surface area contributed by atoms with Gasteiger partial charge in [-0.15, -0.1) is 0 Å². The summed E-state index contributed by atoms with van der Waals surface area (Å²) in [5, 5.41) is 9.77. The van der Waals surface area contributed by atoms with E-state index in [0.717, 1.165) is 16.3 Å². The average molecular weight is 195 g/mol. The van der Waals surface area contributed by atoms with E-state index in [9.17, 15) is 4.39 Å². The van der Waals surface area contributed by atoms with Gasteiger partial charge in [-0.2, -0.15) is 0 Å².